The minimum absolute atomic E-state index is 1.12. The summed E-state index contributed by atoms with van der Waals surface area (Å²) in [5, 5.41) is 3.20. The summed E-state index contributed by atoms with van der Waals surface area (Å²) in [4.78, 5) is 8.09. The molecule has 0 aliphatic rings. The van der Waals surface area contributed by atoms with Crippen LogP contribution in [0.5, 0.6) is 0 Å². The summed E-state index contributed by atoms with van der Waals surface area (Å²) in [5.41, 5.74) is 1.12. The third-order valence-electron chi connectivity index (χ3n) is 2.15. The highest BCUT2D eigenvalue weighted by Crippen LogP contribution is 2.24. The average molecular weight is 216 g/mol. The summed E-state index contributed by atoms with van der Waals surface area (Å²) in [7, 11) is 0. The monoisotopic (exact) mass is 216 g/mol. The van der Waals surface area contributed by atoms with Gasteiger partial charge in [-0.25, -0.2) is 9.97 Å². The van der Waals surface area contributed by atoms with E-state index >= 15 is 0 Å². The Hall–Kier alpha value is -1.88. The summed E-state index contributed by atoms with van der Waals surface area (Å²) in [5.74, 6) is 0. The molecule has 0 aromatic carbocycles. The van der Waals surface area contributed by atoms with Crippen LogP contribution in [-0.2, 0) is 0 Å². The Morgan fingerprint density at radius 1 is 1.00 bits per heavy atom. The van der Waals surface area contributed by atoms with Crippen LogP contribution in [-0.4, -0.2) is 19.1 Å². The SMILES string of the molecule is c1cn(-c2ccsc2-n2ccnc2)cn1. The van der Waals surface area contributed by atoms with Gasteiger partial charge in [-0.15, -0.1) is 11.3 Å². The predicted octanol–water partition coefficient (Wildman–Crippen LogP) is 2.12. The van der Waals surface area contributed by atoms with Gasteiger partial charge in [0, 0.05) is 24.8 Å². The molecule has 0 unspecified atom stereocenters. The van der Waals surface area contributed by atoms with Gasteiger partial charge in [0.15, 0.2) is 0 Å². The Labute approximate surface area is 90.5 Å². The van der Waals surface area contributed by atoms with E-state index in [1.807, 2.05) is 21.5 Å². The van der Waals surface area contributed by atoms with Gasteiger partial charge in [-0.2, -0.15) is 0 Å². The van der Waals surface area contributed by atoms with Crippen molar-refractivity contribution in [3.8, 4) is 10.7 Å². The topological polar surface area (TPSA) is 35.6 Å². The summed E-state index contributed by atoms with van der Waals surface area (Å²) in [6.45, 7) is 0. The smallest absolute Gasteiger partial charge is 0.125 e. The lowest BCUT2D eigenvalue weighted by Crippen LogP contribution is -1.94. The van der Waals surface area contributed by atoms with Crippen LogP contribution in [0, 0.1) is 0 Å². The van der Waals surface area contributed by atoms with Crippen LogP contribution < -0.4 is 0 Å². The molecule has 15 heavy (non-hydrogen) atoms. The molecule has 3 heterocycles. The van der Waals surface area contributed by atoms with E-state index in [0.29, 0.717) is 0 Å². The van der Waals surface area contributed by atoms with Crippen molar-refractivity contribution in [2.24, 2.45) is 0 Å². The first-order chi connectivity index (χ1) is 7.45. The third kappa shape index (κ3) is 1.37. The first-order valence-electron chi connectivity index (χ1n) is 4.49. The van der Waals surface area contributed by atoms with E-state index in [0.717, 1.165) is 10.7 Å². The summed E-state index contributed by atoms with van der Waals surface area (Å²) in [6, 6.07) is 2.07. The van der Waals surface area contributed by atoms with Crippen LogP contribution in [0.3, 0.4) is 0 Å². The van der Waals surface area contributed by atoms with Crippen molar-refractivity contribution in [2.45, 2.75) is 0 Å². The number of rotatable bonds is 2. The van der Waals surface area contributed by atoms with Crippen LogP contribution in [0.2, 0.25) is 0 Å². The van der Waals surface area contributed by atoms with E-state index in [1.54, 1.807) is 36.4 Å². The maximum atomic E-state index is 4.05. The van der Waals surface area contributed by atoms with Crippen LogP contribution in [0.1, 0.15) is 0 Å². The Balaban J connectivity index is 2.15. The van der Waals surface area contributed by atoms with Gasteiger partial charge >= 0.3 is 0 Å². The third-order valence-corrected chi connectivity index (χ3v) is 3.06. The highest BCUT2D eigenvalue weighted by Gasteiger charge is 2.06. The van der Waals surface area contributed by atoms with Gasteiger partial charge in [-0.1, -0.05) is 0 Å². The molecule has 0 saturated carbocycles. The van der Waals surface area contributed by atoms with Crippen molar-refractivity contribution in [2.75, 3.05) is 0 Å². The van der Waals surface area contributed by atoms with Gasteiger partial charge in [-0.3, -0.25) is 4.57 Å². The lowest BCUT2D eigenvalue weighted by atomic mass is 10.5. The van der Waals surface area contributed by atoms with Gasteiger partial charge in [0.2, 0.25) is 0 Å². The molecule has 0 radical (unpaired) electrons. The molecule has 0 aliphatic heterocycles. The Kier molecular flexibility index (Phi) is 1.89. The molecular weight excluding hydrogens is 208 g/mol. The van der Waals surface area contributed by atoms with Gasteiger partial charge in [0.25, 0.3) is 0 Å². The fourth-order valence-corrected chi connectivity index (χ4v) is 2.31. The number of hydrogen-bond acceptors (Lipinski definition) is 3. The Morgan fingerprint density at radius 2 is 1.73 bits per heavy atom. The second-order valence-electron chi connectivity index (χ2n) is 3.05. The lowest BCUT2D eigenvalue weighted by Gasteiger charge is -2.03. The number of nitrogens with zero attached hydrogens (tertiary/aromatic N) is 4. The summed E-state index contributed by atoms with van der Waals surface area (Å²) < 4.78 is 3.99. The molecule has 0 amide bonds. The fraction of sp³-hybridized carbons (Fsp3) is 0. The van der Waals surface area contributed by atoms with E-state index in [4.69, 9.17) is 0 Å². The zero-order chi connectivity index (χ0) is 10.1. The molecule has 4 nitrogen and oxygen atoms in total. The zero-order valence-corrected chi connectivity index (χ0v) is 8.63. The van der Waals surface area contributed by atoms with Crippen LogP contribution >= 0.6 is 11.3 Å². The van der Waals surface area contributed by atoms with Gasteiger partial charge in [0.05, 0.1) is 18.3 Å². The van der Waals surface area contributed by atoms with Crippen molar-refractivity contribution < 1.29 is 0 Å². The maximum absolute atomic E-state index is 4.05. The largest absolute Gasteiger partial charge is 0.303 e. The normalized spacial score (nSPS) is 10.7. The van der Waals surface area contributed by atoms with Gasteiger partial charge < -0.3 is 4.57 Å². The molecule has 0 bridgehead atoms. The molecule has 0 saturated heterocycles. The van der Waals surface area contributed by atoms with Gasteiger partial charge in [-0.05, 0) is 11.4 Å². The molecule has 0 N–H and O–H groups in total. The highest BCUT2D eigenvalue weighted by molar-refractivity contribution is 7.13. The average Bonchev–Trinajstić information content (AvgIpc) is 3.01. The lowest BCUT2D eigenvalue weighted by molar-refractivity contribution is 1.01. The molecule has 5 heteroatoms. The van der Waals surface area contributed by atoms with Crippen LogP contribution in [0.25, 0.3) is 10.7 Å². The Morgan fingerprint density at radius 3 is 2.40 bits per heavy atom. The number of imidazole rings is 2. The maximum Gasteiger partial charge on any atom is 0.125 e. The quantitative estimate of drug-likeness (QED) is 0.657. The Bertz CT molecular complexity index is 487. The highest BCUT2D eigenvalue weighted by atomic mass is 32.1. The van der Waals surface area contributed by atoms with E-state index in [2.05, 4.69) is 21.4 Å². The first kappa shape index (κ1) is 8.43. The summed E-state index contributed by atoms with van der Waals surface area (Å²) in [6.07, 6.45) is 11.0. The molecule has 0 fully saturated rings. The van der Waals surface area contributed by atoms with Crippen molar-refractivity contribution in [3.05, 3.63) is 48.9 Å². The zero-order valence-electron chi connectivity index (χ0n) is 7.82. The second-order valence-corrected chi connectivity index (χ2v) is 3.95. The molecule has 3 aromatic heterocycles. The van der Waals surface area contributed by atoms with Crippen LogP contribution in [0.15, 0.2) is 48.9 Å². The van der Waals surface area contributed by atoms with E-state index in [-0.39, 0.29) is 0 Å². The van der Waals surface area contributed by atoms with Crippen LogP contribution in [0.4, 0.5) is 0 Å². The molecule has 3 aromatic rings. The molecule has 0 spiro atoms. The van der Waals surface area contributed by atoms with E-state index in [9.17, 15) is 0 Å². The van der Waals surface area contributed by atoms with Gasteiger partial charge in [0.1, 0.15) is 5.00 Å². The second kappa shape index (κ2) is 3.36. The molecule has 74 valence electrons. The minimum Gasteiger partial charge on any atom is -0.303 e. The van der Waals surface area contributed by atoms with E-state index < -0.39 is 0 Å². The fourth-order valence-electron chi connectivity index (χ4n) is 1.47. The standard InChI is InChI=1S/C10H8N4S/c1-6-15-10(14-5-3-12-8-14)9(1)13-4-2-11-7-13/h1-8H. The predicted molar refractivity (Wildman–Crippen MR) is 58.6 cm³/mol. The molecule has 3 rings (SSSR count). The van der Waals surface area contributed by atoms with Crippen molar-refractivity contribution in [3.63, 3.8) is 0 Å². The summed E-state index contributed by atoms with van der Waals surface area (Å²) >= 11 is 1.68. The minimum atomic E-state index is 1.12. The number of hydrogen-bond donors (Lipinski definition) is 0. The number of aromatic nitrogens is 4. The molecule has 0 atom stereocenters. The molecular formula is C10H8N4S. The molecule has 0 aliphatic carbocycles. The van der Waals surface area contributed by atoms with Crippen molar-refractivity contribution >= 4 is 11.3 Å². The number of thiophene rings is 1. The first-order valence-corrected chi connectivity index (χ1v) is 5.37. The van der Waals surface area contributed by atoms with E-state index in [1.165, 1.54) is 0 Å². The van der Waals surface area contributed by atoms with Crippen molar-refractivity contribution in [1.29, 1.82) is 0 Å². The van der Waals surface area contributed by atoms with Crippen molar-refractivity contribution in [1.82, 2.24) is 19.1 Å².